The number of halogens is 3. The van der Waals surface area contributed by atoms with Crippen LogP contribution in [-0.4, -0.2) is 36.4 Å². The van der Waals surface area contributed by atoms with Crippen LogP contribution in [0.15, 0.2) is 17.0 Å². The Hall–Kier alpha value is -0.890. The van der Waals surface area contributed by atoms with Gasteiger partial charge in [-0.3, -0.25) is 4.79 Å². The standard InChI is InChI=1S/C11H10Cl2FNO4S/c12-7-4-6(14)5-8(13)10(7)20(18,19)15-3-1-2-9(15)11(16)17/h4-5,9H,1-3H2,(H,16,17)/t9-/m0/s1. The summed E-state index contributed by atoms with van der Waals surface area (Å²) in [7, 11) is -4.19. The van der Waals surface area contributed by atoms with Crippen molar-refractivity contribution in [1.29, 1.82) is 0 Å². The summed E-state index contributed by atoms with van der Waals surface area (Å²) in [6, 6.07) is 0.496. The smallest absolute Gasteiger partial charge is 0.322 e. The summed E-state index contributed by atoms with van der Waals surface area (Å²) in [4.78, 5) is 10.6. The first kappa shape index (κ1) is 15.5. The monoisotopic (exact) mass is 341 g/mol. The molecular formula is C11H10Cl2FNO4S. The second-order valence-corrected chi connectivity index (χ2v) is 6.95. The van der Waals surface area contributed by atoms with E-state index in [2.05, 4.69) is 0 Å². The third-order valence-electron chi connectivity index (χ3n) is 3.02. The van der Waals surface area contributed by atoms with Crippen LogP contribution in [0.2, 0.25) is 10.0 Å². The minimum Gasteiger partial charge on any atom is -0.480 e. The molecule has 1 aromatic rings. The molecule has 0 bridgehead atoms. The Balaban J connectivity index is 2.54. The van der Waals surface area contributed by atoms with Crippen molar-refractivity contribution in [2.45, 2.75) is 23.8 Å². The van der Waals surface area contributed by atoms with Crippen molar-refractivity contribution in [2.75, 3.05) is 6.54 Å². The zero-order valence-corrected chi connectivity index (χ0v) is 12.3. The molecule has 9 heteroatoms. The third-order valence-corrected chi connectivity index (χ3v) is 5.85. The Morgan fingerprint density at radius 1 is 1.35 bits per heavy atom. The molecule has 110 valence electrons. The van der Waals surface area contributed by atoms with E-state index < -0.39 is 32.7 Å². The molecule has 0 radical (unpaired) electrons. The predicted octanol–water partition coefficient (Wildman–Crippen LogP) is 2.37. The van der Waals surface area contributed by atoms with Gasteiger partial charge >= 0.3 is 5.97 Å². The van der Waals surface area contributed by atoms with E-state index >= 15 is 0 Å². The topological polar surface area (TPSA) is 74.7 Å². The molecule has 1 aromatic carbocycles. The lowest BCUT2D eigenvalue weighted by Crippen LogP contribution is -2.40. The molecule has 0 saturated carbocycles. The molecule has 0 amide bonds. The lowest BCUT2D eigenvalue weighted by molar-refractivity contribution is -0.140. The van der Waals surface area contributed by atoms with Gasteiger partial charge in [-0.15, -0.1) is 0 Å². The molecule has 1 aliphatic rings. The second kappa shape index (κ2) is 5.48. The number of carboxylic acids is 1. The molecule has 0 aliphatic carbocycles. The minimum atomic E-state index is -4.19. The van der Waals surface area contributed by atoms with E-state index in [0.29, 0.717) is 6.42 Å². The summed E-state index contributed by atoms with van der Waals surface area (Å²) in [5.74, 6) is -2.00. The van der Waals surface area contributed by atoms with Gasteiger partial charge in [0.2, 0.25) is 10.0 Å². The fraction of sp³-hybridized carbons (Fsp3) is 0.364. The average molecular weight is 342 g/mol. The van der Waals surface area contributed by atoms with Gasteiger partial charge in [0.15, 0.2) is 0 Å². The summed E-state index contributed by atoms with van der Waals surface area (Å²) in [6.45, 7) is 0.0589. The summed E-state index contributed by atoms with van der Waals surface area (Å²) in [5.41, 5.74) is 0. The molecule has 1 atom stereocenters. The number of carbonyl (C=O) groups is 1. The highest BCUT2D eigenvalue weighted by atomic mass is 35.5. The van der Waals surface area contributed by atoms with Gasteiger partial charge in [0.1, 0.15) is 16.8 Å². The van der Waals surface area contributed by atoms with Gasteiger partial charge in [0.25, 0.3) is 0 Å². The quantitative estimate of drug-likeness (QED) is 0.915. The van der Waals surface area contributed by atoms with Crippen molar-refractivity contribution in [1.82, 2.24) is 4.31 Å². The van der Waals surface area contributed by atoms with Crippen LogP contribution in [-0.2, 0) is 14.8 Å². The number of sulfonamides is 1. The van der Waals surface area contributed by atoms with Crippen molar-refractivity contribution in [3.63, 3.8) is 0 Å². The van der Waals surface area contributed by atoms with Gasteiger partial charge in [0.05, 0.1) is 10.0 Å². The van der Waals surface area contributed by atoms with E-state index in [4.69, 9.17) is 28.3 Å². The van der Waals surface area contributed by atoms with E-state index in [1.54, 1.807) is 0 Å². The maximum atomic E-state index is 13.1. The molecular weight excluding hydrogens is 332 g/mol. The third kappa shape index (κ3) is 2.63. The normalized spacial score (nSPS) is 20.2. The summed E-state index contributed by atoms with van der Waals surface area (Å²) < 4.78 is 38.9. The number of nitrogens with zero attached hydrogens (tertiary/aromatic N) is 1. The first-order chi connectivity index (χ1) is 9.25. The first-order valence-corrected chi connectivity index (χ1v) is 7.84. The molecule has 2 rings (SSSR count). The van der Waals surface area contributed by atoms with Crippen molar-refractivity contribution in [3.05, 3.63) is 28.0 Å². The average Bonchev–Trinajstić information content (AvgIpc) is 2.75. The van der Waals surface area contributed by atoms with Crippen LogP contribution < -0.4 is 0 Å². The first-order valence-electron chi connectivity index (χ1n) is 5.64. The van der Waals surface area contributed by atoms with Crippen molar-refractivity contribution < 1.29 is 22.7 Å². The number of aliphatic carboxylic acids is 1. The fourth-order valence-electron chi connectivity index (χ4n) is 2.17. The van der Waals surface area contributed by atoms with Crippen molar-refractivity contribution in [2.24, 2.45) is 0 Å². The van der Waals surface area contributed by atoms with Crippen LogP contribution in [0.25, 0.3) is 0 Å². The second-order valence-electron chi connectivity index (χ2n) is 4.31. The molecule has 5 nitrogen and oxygen atoms in total. The minimum absolute atomic E-state index is 0.0589. The van der Waals surface area contributed by atoms with Crippen LogP contribution in [0.5, 0.6) is 0 Å². The maximum Gasteiger partial charge on any atom is 0.322 e. The zero-order valence-electron chi connectivity index (χ0n) is 10.0. The molecule has 20 heavy (non-hydrogen) atoms. The Morgan fingerprint density at radius 2 is 1.90 bits per heavy atom. The van der Waals surface area contributed by atoms with Gasteiger partial charge in [-0.05, 0) is 25.0 Å². The van der Waals surface area contributed by atoms with E-state index in [1.165, 1.54) is 0 Å². The van der Waals surface area contributed by atoms with E-state index in [-0.39, 0.29) is 23.0 Å². The summed E-state index contributed by atoms with van der Waals surface area (Å²) >= 11 is 11.5. The zero-order chi connectivity index (χ0) is 15.1. The number of rotatable bonds is 3. The van der Waals surface area contributed by atoms with Crippen molar-refractivity contribution >= 4 is 39.2 Å². The molecule has 0 aromatic heterocycles. The molecule has 1 aliphatic heterocycles. The Morgan fingerprint density at radius 3 is 2.40 bits per heavy atom. The largest absolute Gasteiger partial charge is 0.480 e. The number of hydrogen-bond donors (Lipinski definition) is 1. The van der Waals surface area contributed by atoms with E-state index in [1.807, 2.05) is 0 Å². The highest BCUT2D eigenvalue weighted by molar-refractivity contribution is 7.89. The predicted molar refractivity (Wildman–Crippen MR) is 71.0 cm³/mol. The van der Waals surface area contributed by atoms with Gasteiger partial charge < -0.3 is 5.11 Å². The van der Waals surface area contributed by atoms with Crippen molar-refractivity contribution in [3.8, 4) is 0 Å². The van der Waals surface area contributed by atoms with Crippen LogP contribution in [0.1, 0.15) is 12.8 Å². The molecule has 0 unspecified atom stereocenters. The summed E-state index contributed by atoms with van der Waals surface area (Å²) in [6.07, 6.45) is 0.637. The SMILES string of the molecule is O=C(O)[C@@H]1CCCN1S(=O)(=O)c1c(Cl)cc(F)cc1Cl. The van der Waals surface area contributed by atoms with Gasteiger partial charge in [-0.25, -0.2) is 12.8 Å². The highest BCUT2D eigenvalue weighted by Gasteiger charge is 2.41. The molecule has 1 fully saturated rings. The molecule has 1 heterocycles. The summed E-state index contributed by atoms with van der Waals surface area (Å²) in [5, 5.41) is 8.31. The Bertz CT molecular complexity index is 641. The van der Waals surface area contributed by atoms with Gasteiger partial charge in [0, 0.05) is 6.54 Å². The lowest BCUT2D eigenvalue weighted by Gasteiger charge is -2.22. The van der Waals surface area contributed by atoms with Gasteiger partial charge in [-0.1, -0.05) is 23.2 Å². The lowest BCUT2D eigenvalue weighted by atomic mass is 10.2. The van der Waals surface area contributed by atoms with Crippen LogP contribution >= 0.6 is 23.2 Å². The maximum absolute atomic E-state index is 13.1. The molecule has 1 N–H and O–H groups in total. The van der Waals surface area contributed by atoms with Crippen LogP contribution in [0, 0.1) is 5.82 Å². The highest BCUT2D eigenvalue weighted by Crippen LogP contribution is 2.35. The van der Waals surface area contributed by atoms with E-state index in [9.17, 15) is 17.6 Å². The number of hydrogen-bond acceptors (Lipinski definition) is 3. The van der Waals surface area contributed by atoms with Crippen LogP contribution in [0.3, 0.4) is 0 Å². The fourth-order valence-corrected chi connectivity index (χ4v) is 4.96. The Labute approximate surface area is 124 Å². The van der Waals surface area contributed by atoms with E-state index in [0.717, 1.165) is 16.4 Å². The van der Waals surface area contributed by atoms with Crippen LogP contribution in [0.4, 0.5) is 4.39 Å². The molecule has 0 spiro atoms. The number of benzene rings is 1. The number of carboxylic acid groups (broad SMARTS) is 1. The molecule has 1 saturated heterocycles. The van der Waals surface area contributed by atoms with Gasteiger partial charge in [-0.2, -0.15) is 4.31 Å². The Kier molecular flexibility index (Phi) is 4.24.